The number of halogens is 1. The molecule has 0 spiro atoms. The highest BCUT2D eigenvalue weighted by Crippen LogP contribution is 2.17. The van der Waals surface area contributed by atoms with Gasteiger partial charge < -0.3 is 5.32 Å². The first-order valence-corrected chi connectivity index (χ1v) is 6.43. The predicted molar refractivity (Wildman–Crippen MR) is 70.3 cm³/mol. The van der Waals surface area contributed by atoms with Crippen LogP contribution < -0.4 is 5.32 Å². The number of hydrogen-bond donors (Lipinski definition) is 1. The molecular weight excluding hydrogens is 261 g/mol. The van der Waals surface area contributed by atoms with Crippen LogP contribution in [-0.4, -0.2) is 16.2 Å². The summed E-state index contributed by atoms with van der Waals surface area (Å²) >= 11 is 0. The maximum atomic E-state index is 12.9. The molecule has 2 rings (SSSR count). The fraction of sp³-hybridized carbons (Fsp3) is 0.357. The molecular formula is C14H16FN3O2. The van der Waals surface area contributed by atoms with E-state index in [0.29, 0.717) is 17.8 Å². The van der Waals surface area contributed by atoms with Crippen LogP contribution in [0.3, 0.4) is 0 Å². The van der Waals surface area contributed by atoms with Crippen LogP contribution >= 0.6 is 0 Å². The number of hydrogen-bond acceptors (Lipinski definition) is 4. The van der Waals surface area contributed by atoms with Gasteiger partial charge in [-0.3, -0.25) is 4.79 Å². The van der Waals surface area contributed by atoms with Crippen LogP contribution in [0, 0.1) is 12.7 Å². The molecule has 0 bridgehead atoms. The fourth-order valence-electron chi connectivity index (χ4n) is 1.92. The zero-order valence-electron chi connectivity index (χ0n) is 11.4. The van der Waals surface area contributed by atoms with E-state index in [-0.39, 0.29) is 24.2 Å². The molecule has 0 fully saturated rings. The van der Waals surface area contributed by atoms with E-state index in [2.05, 4.69) is 20.3 Å². The number of aryl methyl sites for hydroxylation is 1. The molecule has 0 aliphatic rings. The number of nitrogens with zero attached hydrogens (tertiary/aromatic N) is 2. The maximum absolute atomic E-state index is 12.9. The Hall–Kier alpha value is -2.24. The number of nitrogens with one attached hydrogen (secondary N) is 1. The molecule has 6 heteroatoms. The summed E-state index contributed by atoms with van der Waals surface area (Å²) in [5.41, 5.74) is 2.00. The van der Waals surface area contributed by atoms with Crippen molar-refractivity contribution in [3.8, 4) is 0 Å². The van der Waals surface area contributed by atoms with Gasteiger partial charge in [-0.25, -0.2) is 9.02 Å². The number of aromatic nitrogens is 2. The number of carbonyl (C=O) groups excluding carboxylic acids is 1. The Kier molecular flexibility index (Phi) is 4.45. The van der Waals surface area contributed by atoms with Gasteiger partial charge in [0.2, 0.25) is 5.91 Å². The minimum atomic E-state index is -0.292. The molecule has 0 unspecified atom stereocenters. The van der Waals surface area contributed by atoms with Gasteiger partial charge in [0, 0.05) is 0 Å². The van der Waals surface area contributed by atoms with Crippen molar-refractivity contribution in [3.05, 3.63) is 47.0 Å². The average Bonchev–Trinajstić information content (AvgIpc) is 2.83. The summed E-state index contributed by atoms with van der Waals surface area (Å²) in [6.45, 7) is 3.69. The SMILES string of the molecule is CC[C@@H](NC(=O)Cc1nonc1C)c1ccc(F)cc1. The topological polar surface area (TPSA) is 68.0 Å². The fourth-order valence-corrected chi connectivity index (χ4v) is 1.92. The summed E-state index contributed by atoms with van der Waals surface area (Å²) in [6.07, 6.45) is 0.834. The Labute approximate surface area is 116 Å². The van der Waals surface area contributed by atoms with Crippen molar-refractivity contribution in [1.82, 2.24) is 15.6 Å². The number of rotatable bonds is 5. The molecule has 0 radical (unpaired) electrons. The second-order valence-corrected chi connectivity index (χ2v) is 4.55. The lowest BCUT2D eigenvalue weighted by atomic mass is 10.0. The standard InChI is InChI=1S/C14H16FN3O2/c1-3-12(10-4-6-11(15)7-5-10)16-14(19)8-13-9(2)17-20-18-13/h4-7,12H,3,8H2,1-2H3,(H,16,19)/t12-/m1/s1. The summed E-state index contributed by atoms with van der Waals surface area (Å²) in [7, 11) is 0. The molecule has 1 aromatic carbocycles. The molecule has 5 nitrogen and oxygen atoms in total. The van der Waals surface area contributed by atoms with E-state index in [1.807, 2.05) is 6.92 Å². The highest BCUT2D eigenvalue weighted by molar-refractivity contribution is 5.78. The predicted octanol–water partition coefficient (Wildman–Crippen LogP) is 2.33. The van der Waals surface area contributed by atoms with E-state index in [1.54, 1.807) is 19.1 Å². The van der Waals surface area contributed by atoms with Crippen molar-refractivity contribution >= 4 is 5.91 Å². The van der Waals surface area contributed by atoms with Crippen LogP contribution in [0.2, 0.25) is 0 Å². The van der Waals surface area contributed by atoms with Gasteiger partial charge in [0.25, 0.3) is 0 Å². The van der Waals surface area contributed by atoms with E-state index in [1.165, 1.54) is 12.1 Å². The van der Waals surface area contributed by atoms with Crippen LogP contribution in [0.1, 0.15) is 36.3 Å². The van der Waals surface area contributed by atoms with Crippen molar-refractivity contribution in [3.63, 3.8) is 0 Å². The number of benzene rings is 1. The molecule has 0 aliphatic heterocycles. The third kappa shape index (κ3) is 3.40. The minimum Gasteiger partial charge on any atom is -0.349 e. The molecule has 2 aromatic rings. The molecule has 0 aliphatic carbocycles. The van der Waals surface area contributed by atoms with Crippen molar-refractivity contribution in [2.45, 2.75) is 32.7 Å². The number of carbonyl (C=O) groups is 1. The molecule has 0 saturated carbocycles. The Bertz CT molecular complexity index is 580. The Morgan fingerprint density at radius 2 is 2.05 bits per heavy atom. The first-order valence-electron chi connectivity index (χ1n) is 6.43. The van der Waals surface area contributed by atoms with Gasteiger partial charge in [-0.2, -0.15) is 0 Å². The largest absolute Gasteiger partial charge is 0.349 e. The van der Waals surface area contributed by atoms with Gasteiger partial charge in [0.05, 0.1) is 12.5 Å². The monoisotopic (exact) mass is 277 g/mol. The zero-order chi connectivity index (χ0) is 14.5. The minimum absolute atomic E-state index is 0.118. The van der Waals surface area contributed by atoms with Gasteiger partial charge in [-0.1, -0.05) is 29.4 Å². The lowest BCUT2D eigenvalue weighted by Crippen LogP contribution is -2.29. The zero-order valence-corrected chi connectivity index (χ0v) is 11.4. The molecule has 1 atom stereocenters. The van der Waals surface area contributed by atoms with Gasteiger partial charge in [0.15, 0.2) is 0 Å². The van der Waals surface area contributed by atoms with E-state index >= 15 is 0 Å². The highest BCUT2D eigenvalue weighted by Gasteiger charge is 2.16. The van der Waals surface area contributed by atoms with E-state index < -0.39 is 0 Å². The smallest absolute Gasteiger partial charge is 0.226 e. The van der Waals surface area contributed by atoms with Gasteiger partial charge >= 0.3 is 0 Å². The normalized spacial score (nSPS) is 12.2. The van der Waals surface area contributed by atoms with Gasteiger partial charge in [-0.15, -0.1) is 0 Å². The van der Waals surface area contributed by atoms with Crippen LogP contribution in [0.25, 0.3) is 0 Å². The molecule has 20 heavy (non-hydrogen) atoms. The van der Waals surface area contributed by atoms with Gasteiger partial charge in [-0.05, 0) is 31.0 Å². The van der Waals surface area contributed by atoms with Crippen LogP contribution in [0.5, 0.6) is 0 Å². The quantitative estimate of drug-likeness (QED) is 0.910. The van der Waals surface area contributed by atoms with Crippen molar-refractivity contribution < 1.29 is 13.8 Å². The maximum Gasteiger partial charge on any atom is 0.226 e. The van der Waals surface area contributed by atoms with Crippen molar-refractivity contribution in [1.29, 1.82) is 0 Å². The molecule has 1 heterocycles. The molecule has 1 aromatic heterocycles. The summed E-state index contributed by atoms with van der Waals surface area (Å²) < 4.78 is 17.5. The molecule has 1 N–H and O–H groups in total. The third-order valence-electron chi connectivity index (χ3n) is 3.09. The van der Waals surface area contributed by atoms with E-state index in [9.17, 15) is 9.18 Å². The van der Waals surface area contributed by atoms with E-state index in [0.717, 1.165) is 5.56 Å². The highest BCUT2D eigenvalue weighted by atomic mass is 19.1. The van der Waals surface area contributed by atoms with Crippen molar-refractivity contribution in [2.75, 3.05) is 0 Å². The first kappa shape index (κ1) is 14.2. The summed E-state index contributed by atoms with van der Waals surface area (Å²) in [6, 6.07) is 5.97. The van der Waals surface area contributed by atoms with Crippen LogP contribution in [0.15, 0.2) is 28.9 Å². The van der Waals surface area contributed by atoms with Gasteiger partial charge in [0.1, 0.15) is 17.2 Å². The Balaban J connectivity index is 2.01. The molecule has 1 amide bonds. The third-order valence-corrected chi connectivity index (χ3v) is 3.09. The number of amides is 1. The average molecular weight is 277 g/mol. The Morgan fingerprint density at radius 1 is 1.35 bits per heavy atom. The summed E-state index contributed by atoms with van der Waals surface area (Å²) in [5.74, 6) is -0.459. The second-order valence-electron chi connectivity index (χ2n) is 4.55. The van der Waals surface area contributed by atoms with Crippen LogP contribution in [-0.2, 0) is 11.2 Å². The Morgan fingerprint density at radius 3 is 2.60 bits per heavy atom. The van der Waals surface area contributed by atoms with Crippen LogP contribution in [0.4, 0.5) is 4.39 Å². The second kappa shape index (κ2) is 6.27. The first-order chi connectivity index (χ1) is 9.60. The van der Waals surface area contributed by atoms with E-state index in [4.69, 9.17) is 0 Å². The lowest BCUT2D eigenvalue weighted by molar-refractivity contribution is -0.121. The molecule has 106 valence electrons. The summed E-state index contributed by atoms with van der Waals surface area (Å²) in [4.78, 5) is 12.0. The molecule has 0 saturated heterocycles. The van der Waals surface area contributed by atoms with Crippen molar-refractivity contribution in [2.24, 2.45) is 0 Å². The lowest BCUT2D eigenvalue weighted by Gasteiger charge is -2.17. The summed E-state index contributed by atoms with van der Waals surface area (Å²) in [5, 5.41) is 10.2.